The molecule has 0 saturated carbocycles. The molecule has 2 rings (SSSR count). The summed E-state index contributed by atoms with van der Waals surface area (Å²) in [6.45, 7) is 6.22. The Bertz CT molecular complexity index is 540. The fraction of sp³-hybridized carbons (Fsp3) is 0.400. The molecule has 1 aromatic carbocycles. The second-order valence-electron chi connectivity index (χ2n) is 5.37. The number of carboxylic acids is 1. The zero-order valence-electron chi connectivity index (χ0n) is 11.6. The van der Waals surface area contributed by atoms with Gasteiger partial charge in [0.1, 0.15) is 0 Å². The van der Waals surface area contributed by atoms with Gasteiger partial charge in [0.05, 0.1) is 12.2 Å². The molecule has 4 nitrogen and oxygen atoms in total. The van der Waals surface area contributed by atoms with Crippen LogP contribution in [0.1, 0.15) is 19.4 Å². The molecule has 5 heteroatoms. The molecule has 1 saturated heterocycles. The molecule has 108 valence electrons. The molecule has 1 heterocycles. The summed E-state index contributed by atoms with van der Waals surface area (Å²) in [5.41, 5.74) is 1.44. The van der Waals surface area contributed by atoms with E-state index in [2.05, 4.69) is 4.90 Å². The van der Waals surface area contributed by atoms with E-state index in [0.29, 0.717) is 11.6 Å². The largest absolute Gasteiger partial charge is 0.478 e. The topological polar surface area (TPSA) is 49.8 Å². The smallest absolute Gasteiger partial charge is 0.328 e. The molecule has 0 spiro atoms. The van der Waals surface area contributed by atoms with Gasteiger partial charge in [0.15, 0.2) is 0 Å². The van der Waals surface area contributed by atoms with E-state index in [-0.39, 0.29) is 5.60 Å². The maximum Gasteiger partial charge on any atom is 0.328 e. The molecule has 1 aliphatic rings. The standard InChI is InChI=1S/C15H18ClNO3/c1-15(2)10-17(8-9-20-15)13-5-3-4-12(16)11(13)6-7-14(18)19/h3-7H,8-10H2,1-2H3,(H,18,19)/b7-6+. The zero-order chi connectivity index (χ0) is 14.8. The molecular weight excluding hydrogens is 278 g/mol. The van der Waals surface area contributed by atoms with Gasteiger partial charge in [-0.05, 0) is 32.1 Å². The van der Waals surface area contributed by atoms with E-state index in [4.69, 9.17) is 21.4 Å². The molecule has 0 amide bonds. The highest BCUT2D eigenvalue weighted by atomic mass is 35.5. The molecule has 0 atom stereocenters. The van der Waals surface area contributed by atoms with Crippen LogP contribution in [0.4, 0.5) is 5.69 Å². The van der Waals surface area contributed by atoms with E-state index in [1.165, 1.54) is 0 Å². The maximum atomic E-state index is 10.7. The van der Waals surface area contributed by atoms with Gasteiger partial charge in [0, 0.05) is 35.4 Å². The van der Waals surface area contributed by atoms with E-state index in [1.807, 2.05) is 26.0 Å². The summed E-state index contributed by atoms with van der Waals surface area (Å²) in [5.74, 6) is -0.988. The first kappa shape index (κ1) is 14.9. The fourth-order valence-corrected chi connectivity index (χ4v) is 2.58. The summed E-state index contributed by atoms with van der Waals surface area (Å²) in [5, 5.41) is 9.33. The Balaban J connectivity index is 2.36. The van der Waals surface area contributed by atoms with Gasteiger partial charge in [-0.1, -0.05) is 17.7 Å². The van der Waals surface area contributed by atoms with E-state index >= 15 is 0 Å². The summed E-state index contributed by atoms with van der Waals surface area (Å²) >= 11 is 6.20. The molecule has 0 aromatic heterocycles. The highest BCUT2D eigenvalue weighted by Gasteiger charge is 2.28. The van der Waals surface area contributed by atoms with Gasteiger partial charge in [0.25, 0.3) is 0 Å². The van der Waals surface area contributed by atoms with Crippen LogP contribution in [0.2, 0.25) is 5.02 Å². The van der Waals surface area contributed by atoms with Gasteiger partial charge in [-0.15, -0.1) is 0 Å². The normalized spacial score (nSPS) is 18.4. The van der Waals surface area contributed by atoms with E-state index in [0.717, 1.165) is 30.4 Å². The van der Waals surface area contributed by atoms with Crippen LogP contribution in [0.15, 0.2) is 24.3 Å². The van der Waals surface area contributed by atoms with Crippen molar-refractivity contribution < 1.29 is 14.6 Å². The molecule has 1 aromatic rings. The summed E-state index contributed by atoms with van der Waals surface area (Å²) < 4.78 is 5.70. The number of carboxylic acid groups (broad SMARTS) is 1. The Morgan fingerprint density at radius 3 is 2.90 bits per heavy atom. The van der Waals surface area contributed by atoms with Crippen molar-refractivity contribution in [3.8, 4) is 0 Å². The Morgan fingerprint density at radius 1 is 1.50 bits per heavy atom. The van der Waals surface area contributed by atoms with Gasteiger partial charge < -0.3 is 14.7 Å². The fourth-order valence-electron chi connectivity index (χ4n) is 2.34. The molecule has 1 fully saturated rings. The van der Waals surface area contributed by atoms with Crippen molar-refractivity contribution in [2.45, 2.75) is 19.4 Å². The van der Waals surface area contributed by atoms with Crippen LogP contribution in [0, 0.1) is 0 Å². The summed E-state index contributed by atoms with van der Waals surface area (Å²) in [6, 6.07) is 5.59. The number of ether oxygens (including phenoxy) is 1. The minimum Gasteiger partial charge on any atom is -0.478 e. The number of benzene rings is 1. The zero-order valence-corrected chi connectivity index (χ0v) is 12.4. The lowest BCUT2D eigenvalue weighted by atomic mass is 10.0. The molecule has 1 N–H and O–H groups in total. The average Bonchev–Trinajstić information content (AvgIpc) is 2.35. The molecule has 0 unspecified atom stereocenters. The molecular formula is C15H18ClNO3. The Kier molecular flexibility index (Phi) is 4.35. The number of aliphatic carboxylic acids is 1. The third kappa shape index (κ3) is 3.52. The van der Waals surface area contributed by atoms with Crippen LogP contribution in [-0.4, -0.2) is 36.4 Å². The quantitative estimate of drug-likeness (QED) is 0.871. The number of rotatable bonds is 3. The first-order valence-electron chi connectivity index (χ1n) is 6.47. The van der Waals surface area contributed by atoms with Crippen molar-refractivity contribution in [3.63, 3.8) is 0 Å². The molecule has 1 aliphatic heterocycles. The van der Waals surface area contributed by atoms with Crippen molar-refractivity contribution in [1.82, 2.24) is 0 Å². The van der Waals surface area contributed by atoms with Crippen LogP contribution >= 0.6 is 11.6 Å². The maximum absolute atomic E-state index is 10.7. The highest BCUT2D eigenvalue weighted by Crippen LogP contribution is 2.31. The van der Waals surface area contributed by atoms with Crippen molar-refractivity contribution >= 4 is 29.3 Å². The number of nitrogens with zero attached hydrogens (tertiary/aromatic N) is 1. The number of hydrogen-bond donors (Lipinski definition) is 1. The van der Waals surface area contributed by atoms with Crippen LogP contribution in [0.3, 0.4) is 0 Å². The van der Waals surface area contributed by atoms with Gasteiger partial charge in [-0.25, -0.2) is 4.79 Å². The number of hydrogen-bond acceptors (Lipinski definition) is 3. The molecule has 0 radical (unpaired) electrons. The average molecular weight is 296 g/mol. The van der Waals surface area contributed by atoms with Crippen LogP contribution in [-0.2, 0) is 9.53 Å². The summed E-state index contributed by atoms with van der Waals surface area (Å²) in [7, 11) is 0. The minimum absolute atomic E-state index is 0.228. The van der Waals surface area contributed by atoms with Gasteiger partial charge in [-0.3, -0.25) is 0 Å². The first-order chi connectivity index (χ1) is 9.39. The molecule has 20 heavy (non-hydrogen) atoms. The second kappa shape index (κ2) is 5.85. The number of morpholine rings is 1. The van der Waals surface area contributed by atoms with Crippen molar-refractivity contribution in [2.75, 3.05) is 24.6 Å². The van der Waals surface area contributed by atoms with Crippen LogP contribution in [0.25, 0.3) is 6.08 Å². The van der Waals surface area contributed by atoms with Crippen molar-refractivity contribution in [1.29, 1.82) is 0 Å². The van der Waals surface area contributed by atoms with Gasteiger partial charge in [-0.2, -0.15) is 0 Å². The van der Waals surface area contributed by atoms with Gasteiger partial charge in [0.2, 0.25) is 0 Å². The minimum atomic E-state index is -0.988. The number of halogens is 1. The van der Waals surface area contributed by atoms with Crippen LogP contribution < -0.4 is 4.90 Å². The number of carbonyl (C=O) groups is 1. The summed E-state index contributed by atoms with van der Waals surface area (Å²) in [6.07, 6.45) is 2.65. The number of anilines is 1. The van der Waals surface area contributed by atoms with Crippen molar-refractivity contribution in [3.05, 3.63) is 34.9 Å². The molecule has 0 bridgehead atoms. The predicted octanol–water partition coefficient (Wildman–Crippen LogP) is 3.05. The Morgan fingerprint density at radius 2 is 2.25 bits per heavy atom. The SMILES string of the molecule is CC1(C)CN(c2cccc(Cl)c2/C=C/C(=O)O)CCO1. The lowest BCUT2D eigenvalue weighted by molar-refractivity contribution is -0.131. The third-order valence-corrected chi connectivity index (χ3v) is 3.52. The lowest BCUT2D eigenvalue weighted by Crippen LogP contribution is -2.48. The Hall–Kier alpha value is -1.52. The predicted molar refractivity (Wildman–Crippen MR) is 80.4 cm³/mol. The lowest BCUT2D eigenvalue weighted by Gasteiger charge is -2.40. The van der Waals surface area contributed by atoms with Crippen LogP contribution in [0.5, 0.6) is 0 Å². The third-order valence-electron chi connectivity index (χ3n) is 3.19. The molecule has 0 aliphatic carbocycles. The first-order valence-corrected chi connectivity index (χ1v) is 6.85. The van der Waals surface area contributed by atoms with Gasteiger partial charge >= 0.3 is 5.97 Å². The van der Waals surface area contributed by atoms with E-state index < -0.39 is 5.97 Å². The monoisotopic (exact) mass is 295 g/mol. The second-order valence-corrected chi connectivity index (χ2v) is 5.78. The van der Waals surface area contributed by atoms with Crippen molar-refractivity contribution in [2.24, 2.45) is 0 Å². The van der Waals surface area contributed by atoms with E-state index in [1.54, 1.807) is 12.1 Å². The highest BCUT2D eigenvalue weighted by molar-refractivity contribution is 6.32. The Labute approximate surface area is 123 Å². The van der Waals surface area contributed by atoms with E-state index in [9.17, 15) is 4.79 Å². The summed E-state index contributed by atoms with van der Waals surface area (Å²) in [4.78, 5) is 12.9.